The van der Waals surface area contributed by atoms with E-state index in [9.17, 15) is 9.59 Å². The molecule has 0 aromatic heterocycles. The van der Waals surface area contributed by atoms with Gasteiger partial charge in [-0.05, 0) is 42.3 Å². The van der Waals surface area contributed by atoms with E-state index in [0.29, 0.717) is 17.9 Å². The van der Waals surface area contributed by atoms with Gasteiger partial charge in [0.25, 0.3) is 0 Å². The number of benzene rings is 3. The minimum absolute atomic E-state index is 0.00234. The maximum atomic E-state index is 13.3. The number of thioether (sulfide) groups is 1. The van der Waals surface area contributed by atoms with Gasteiger partial charge in [-0.3, -0.25) is 9.59 Å². The van der Waals surface area contributed by atoms with Gasteiger partial charge < -0.3 is 15.4 Å². The van der Waals surface area contributed by atoms with Crippen LogP contribution in [0.5, 0.6) is 5.75 Å². The lowest BCUT2D eigenvalue weighted by Gasteiger charge is -2.18. The molecule has 0 aliphatic heterocycles. The number of methoxy groups -OCH3 is 1. The molecule has 32 heavy (non-hydrogen) atoms. The number of carbonyl (C=O) groups is 2. The highest BCUT2D eigenvalue weighted by atomic mass is 32.2. The van der Waals surface area contributed by atoms with Crippen molar-refractivity contribution in [3.8, 4) is 5.75 Å². The maximum absolute atomic E-state index is 13.3. The average Bonchev–Trinajstić information content (AvgIpc) is 2.82. The lowest BCUT2D eigenvalue weighted by Crippen LogP contribution is -2.19. The summed E-state index contributed by atoms with van der Waals surface area (Å²) in [6, 6.07) is 24.6. The molecule has 1 atom stereocenters. The van der Waals surface area contributed by atoms with Crippen LogP contribution in [-0.2, 0) is 9.59 Å². The van der Waals surface area contributed by atoms with Gasteiger partial charge in [-0.1, -0.05) is 61.9 Å². The van der Waals surface area contributed by atoms with Gasteiger partial charge in [0.1, 0.15) is 11.0 Å². The van der Waals surface area contributed by atoms with Gasteiger partial charge in [-0.25, -0.2) is 0 Å². The van der Waals surface area contributed by atoms with Gasteiger partial charge >= 0.3 is 0 Å². The Kier molecular flexibility index (Phi) is 8.75. The summed E-state index contributed by atoms with van der Waals surface area (Å²) in [6.07, 6.45) is 2.34. The van der Waals surface area contributed by atoms with E-state index in [0.717, 1.165) is 29.0 Å². The molecule has 0 fully saturated rings. The molecular formula is C26H28N2O3S. The summed E-state index contributed by atoms with van der Waals surface area (Å²) in [5.74, 6) is 0.458. The van der Waals surface area contributed by atoms with Gasteiger partial charge in [0, 0.05) is 17.0 Å². The second-order valence-electron chi connectivity index (χ2n) is 7.28. The first-order chi connectivity index (χ1) is 15.6. The predicted octanol–water partition coefficient (Wildman–Crippen LogP) is 6.30. The van der Waals surface area contributed by atoms with Crippen LogP contribution in [-0.4, -0.2) is 18.9 Å². The summed E-state index contributed by atoms with van der Waals surface area (Å²) in [4.78, 5) is 26.3. The molecule has 1 unspecified atom stereocenters. The molecule has 0 spiro atoms. The highest BCUT2D eigenvalue weighted by Crippen LogP contribution is 2.38. The van der Waals surface area contributed by atoms with Crippen LogP contribution >= 0.6 is 11.8 Å². The lowest BCUT2D eigenvalue weighted by atomic mass is 10.1. The Labute approximate surface area is 193 Å². The fourth-order valence-corrected chi connectivity index (χ4v) is 4.27. The molecule has 5 nitrogen and oxygen atoms in total. The monoisotopic (exact) mass is 448 g/mol. The summed E-state index contributed by atoms with van der Waals surface area (Å²) in [5, 5.41) is 5.46. The second kappa shape index (κ2) is 12.0. The van der Waals surface area contributed by atoms with E-state index < -0.39 is 5.25 Å². The van der Waals surface area contributed by atoms with E-state index in [4.69, 9.17) is 4.74 Å². The van der Waals surface area contributed by atoms with Gasteiger partial charge in [0.2, 0.25) is 11.8 Å². The summed E-state index contributed by atoms with van der Waals surface area (Å²) in [7, 11) is 1.58. The van der Waals surface area contributed by atoms with Gasteiger partial charge in [0.05, 0.1) is 12.8 Å². The zero-order valence-electron chi connectivity index (χ0n) is 18.3. The first kappa shape index (κ1) is 23.4. The third-order valence-electron chi connectivity index (χ3n) is 4.83. The predicted molar refractivity (Wildman–Crippen MR) is 131 cm³/mol. The number of ether oxygens (including phenoxy) is 1. The van der Waals surface area contributed by atoms with E-state index in [-0.39, 0.29) is 11.8 Å². The normalized spacial score (nSPS) is 11.4. The molecule has 0 aliphatic carbocycles. The molecule has 0 saturated heterocycles. The smallest absolute Gasteiger partial charge is 0.242 e. The fourth-order valence-electron chi connectivity index (χ4n) is 3.19. The fraction of sp³-hybridized carbons (Fsp3) is 0.231. The summed E-state index contributed by atoms with van der Waals surface area (Å²) in [5.41, 5.74) is 2.24. The number of carbonyl (C=O) groups excluding carboxylic acids is 2. The largest absolute Gasteiger partial charge is 0.495 e. The summed E-state index contributed by atoms with van der Waals surface area (Å²) >= 11 is 1.44. The molecule has 0 heterocycles. The molecule has 0 saturated carbocycles. The van der Waals surface area contributed by atoms with Crippen LogP contribution in [0.1, 0.15) is 37.0 Å². The third kappa shape index (κ3) is 6.62. The van der Waals surface area contributed by atoms with Crippen molar-refractivity contribution >= 4 is 35.0 Å². The van der Waals surface area contributed by atoms with Crippen LogP contribution in [0.4, 0.5) is 11.4 Å². The Morgan fingerprint density at radius 3 is 2.44 bits per heavy atom. The van der Waals surface area contributed by atoms with Crippen molar-refractivity contribution in [1.29, 1.82) is 0 Å². The molecule has 2 N–H and O–H groups in total. The van der Waals surface area contributed by atoms with Crippen molar-refractivity contribution in [3.63, 3.8) is 0 Å². The minimum atomic E-state index is -0.479. The van der Waals surface area contributed by atoms with Crippen molar-refractivity contribution in [2.75, 3.05) is 17.7 Å². The second-order valence-corrected chi connectivity index (χ2v) is 8.46. The zero-order chi connectivity index (χ0) is 22.8. The van der Waals surface area contributed by atoms with Crippen molar-refractivity contribution in [1.82, 2.24) is 0 Å². The van der Waals surface area contributed by atoms with Crippen molar-refractivity contribution < 1.29 is 14.3 Å². The van der Waals surface area contributed by atoms with E-state index >= 15 is 0 Å². The molecule has 3 rings (SSSR count). The number of hydrogen-bond donors (Lipinski definition) is 2. The van der Waals surface area contributed by atoms with Gasteiger partial charge in [0.15, 0.2) is 0 Å². The van der Waals surface area contributed by atoms with Crippen molar-refractivity contribution in [2.45, 2.75) is 36.3 Å². The van der Waals surface area contributed by atoms with Crippen LogP contribution in [0.25, 0.3) is 0 Å². The Balaban J connectivity index is 1.81. The van der Waals surface area contributed by atoms with Crippen LogP contribution in [0.15, 0.2) is 83.8 Å². The van der Waals surface area contributed by atoms with E-state index in [1.54, 1.807) is 7.11 Å². The molecule has 6 heteroatoms. The van der Waals surface area contributed by atoms with Gasteiger partial charge in [-0.15, -0.1) is 11.8 Å². The molecule has 2 amide bonds. The number of hydrogen-bond acceptors (Lipinski definition) is 4. The Bertz CT molecular complexity index is 1040. The maximum Gasteiger partial charge on any atom is 0.242 e. The first-order valence-corrected chi connectivity index (χ1v) is 11.5. The van der Waals surface area contributed by atoms with Gasteiger partial charge in [-0.2, -0.15) is 0 Å². The zero-order valence-corrected chi connectivity index (χ0v) is 19.2. The molecule has 0 aliphatic rings. The van der Waals surface area contributed by atoms with E-state index in [1.165, 1.54) is 11.8 Å². The van der Waals surface area contributed by atoms with Crippen LogP contribution in [0.3, 0.4) is 0 Å². The van der Waals surface area contributed by atoms with Crippen molar-refractivity contribution in [2.24, 2.45) is 0 Å². The number of unbranched alkanes of at least 4 members (excludes halogenated alkanes) is 1. The Morgan fingerprint density at radius 1 is 0.938 bits per heavy atom. The molecule has 166 valence electrons. The van der Waals surface area contributed by atoms with E-state index in [2.05, 4.69) is 17.6 Å². The SMILES string of the molecule is CCCCC(=O)Nc1cccc(SC(C(=O)Nc2ccccc2OC)c2ccccc2)c1. The standard InChI is InChI=1S/C26H28N2O3S/c1-3-4-17-24(29)27-20-13-10-14-21(18-20)32-25(19-11-6-5-7-12-19)26(30)28-22-15-8-9-16-23(22)31-2/h5-16,18,25H,3-4,17H2,1-2H3,(H,27,29)(H,28,30). The Morgan fingerprint density at radius 2 is 1.69 bits per heavy atom. The number of nitrogens with one attached hydrogen (secondary N) is 2. The Hall–Kier alpha value is -3.25. The molecule has 3 aromatic carbocycles. The number of amides is 2. The average molecular weight is 449 g/mol. The highest BCUT2D eigenvalue weighted by Gasteiger charge is 2.23. The molecule has 3 aromatic rings. The first-order valence-electron chi connectivity index (χ1n) is 10.7. The topological polar surface area (TPSA) is 67.4 Å². The summed E-state index contributed by atoms with van der Waals surface area (Å²) < 4.78 is 5.37. The molecular weight excluding hydrogens is 420 g/mol. The van der Waals surface area contributed by atoms with Crippen LogP contribution in [0, 0.1) is 0 Å². The third-order valence-corrected chi connectivity index (χ3v) is 6.08. The lowest BCUT2D eigenvalue weighted by molar-refractivity contribution is -0.116. The number of rotatable bonds is 10. The molecule has 0 bridgehead atoms. The minimum Gasteiger partial charge on any atom is -0.495 e. The summed E-state index contributed by atoms with van der Waals surface area (Å²) in [6.45, 7) is 2.06. The van der Waals surface area contributed by atoms with Crippen LogP contribution in [0.2, 0.25) is 0 Å². The number of anilines is 2. The van der Waals surface area contributed by atoms with Crippen LogP contribution < -0.4 is 15.4 Å². The number of para-hydroxylation sites is 2. The molecule has 0 radical (unpaired) electrons. The highest BCUT2D eigenvalue weighted by molar-refractivity contribution is 8.00. The quantitative estimate of drug-likeness (QED) is 0.357. The van der Waals surface area contributed by atoms with Crippen molar-refractivity contribution in [3.05, 3.63) is 84.4 Å². The van der Waals surface area contributed by atoms with E-state index in [1.807, 2.05) is 78.9 Å².